The summed E-state index contributed by atoms with van der Waals surface area (Å²) in [5.41, 5.74) is -0.912. The van der Waals surface area contributed by atoms with E-state index in [0.29, 0.717) is 16.8 Å². The maximum atomic E-state index is 15.8. The van der Waals surface area contributed by atoms with E-state index >= 15 is 4.39 Å². The van der Waals surface area contributed by atoms with Gasteiger partial charge in [-0.05, 0) is 25.5 Å². The number of fused-ring (bicyclic) bond motifs is 5. The fraction of sp³-hybridized carbons (Fsp3) is 0.500. The van der Waals surface area contributed by atoms with Crippen molar-refractivity contribution in [2.24, 2.45) is 5.41 Å². The number of carbonyl (C=O) groups excluding carboxylic acids is 3. The van der Waals surface area contributed by atoms with Crippen molar-refractivity contribution < 1.29 is 28.0 Å². The van der Waals surface area contributed by atoms with Crippen molar-refractivity contribution >= 4 is 40.3 Å². The first-order valence-electron chi connectivity index (χ1n) is 10.0. The highest BCUT2D eigenvalue weighted by Crippen LogP contribution is 2.49. The van der Waals surface area contributed by atoms with Gasteiger partial charge in [0.2, 0.25) is 17.4 Å². The number of amides is 4. The Morgan fingerprint density at radius 2 is 1.90 bits per heavy atom. The van der Waals surface area contributed by atoms with Gasteiger partial charge in [0.15, 0.2) is 17.1 Å². The summed E-state index contributed by atoms with van der Waals surface area (Å²) >= 11 is 0. The molecule has 1 aromatic carbocycles. The zero-order valence-corrected chi connectivity index (χ0v) is 17.5. The number of nitrogens with one attached hydrogen (secondary N) is 2. The SMILES string of the molecule is C[C@H]1CN2c3c(cc4c(N(C)C)noc4c3F)CC3(C(=O)NC(=O)NC3=O)[C@@H]2[C@@H](C)O1. The van der Waals surface area contributed by atoms with E-state index in [-0.39, 0.29) is 30.3 Å². The summed E-state index contributed by atoms with van der Waals surface area (Å²) in [5, 5.41) is 8.85. The second-order valence-corrected chi connectivity index (χ2v) is 8.61. The topological polar surface area (TPSA) is 117 Å². The Morgan fingerprint density at radius 1 is 1.23 bits per heavy atom. The number of morpholine rings is 1. The smallest absolute Gasteiger partial charge is 0.328 e. The third kappa shape index (κ3) is 2.52. The predicted octanol–water partition coefficient (Wildman–Crippen LogP) is 0.924. The standard InChI is InChI=1S/C20H22FN5O5/c1-8-7-26-13-10(5-11-14(12(13)21)31-24-16(11)25(3)4)6-20(15(26)9(2)30-8)17(27)22-19(29)23-18(20)28/h5,8-9,15H,6-7H2,1-4H3,(H2,22,23,27,28,29)/t8-,9+,15-/m0/s1. The molecule has 0 bridgehead atoms. The quantitative estimate of drug-likeness (QED) is 0.641. The van der Waals surface area contributed by atoms with Crippen LogP contribution in [-0.2, 0) is 20.7 Å². The average Bonchev–Trinajstić information content (AvgIpc) is 3.09. The third-order valence-corrected chi connectivity index (χ3v) is 6.37. The van der Waals surface area contributed by atoms with Crippen molar-refractivity contribution in [3.05, 3.63) is 17.4 Å². The number of aromatic nitrogens is 1. The first-order chi connectivity index (χ1) is 14.6. The number of carbonyl (C=O) groups is 3. The fourth-order valence-electron chi connectivity index (χ4n) is 5.26. The highest BCUT2D eigenvalue weighted by atomic mass is 19.1. The molecule has 1 aromatic heterocycles. The van der Waals surface area contributed by atoms with E-state index in [1.807, 2.05) is 6.92 Å². The summed E-state index contributed by atoms with van der Waals surface area (Å²) in [7, 11) is 3.51. The van der Waals surface area contributed by atoms with Crippen LogP contribution in [0.2, 0.25) is 0 Å². The Hall–Kier alpha value is -3.21. The van der Waals surface area contributed by atoms with E-state index < -0.39 is 41.2 Å². The van der Waals surface area contributed by atoms with Crippen LogP contribution in [0.3, 0.4) is 0 Å². The number of nitrogens with zero attached hydrogens (tertiary/aromatic N) is 3. The lowest BCUT2D eigenvalue weighted by molar-refractivity contribution is -0.153. The molecule has 0 aliphatic carbocycles. The lowest BCUT2D eigenvalue weighted by atomic mass is 9.66. The summed E-state index contributed by atoms with van der Waals surface area (Å²) in [5.74, 6) is -1.60. The Labute approximate surface area is 176 Å². The van der Waals surface area contributed by atoms with Crippen LogP contribution in [-0.4, -0.2) is 61.9 Å². The van der Waals surface area contributed by atoms with Crippen LogP contribution in [0.4, 0.5) is 20.7 Å². The van der Waals surface area contributed by atoms with E-state index in [4.69, 9.17) is 9.26 Å². The number of hydrogen-bond donors (Lipinski definition) is 2. The van der Waals surface area contributed by atoms with Crippen LogP contribution in [0, 0.1) is 11.2 Å². The minimum atomic E-state index is -1.66. The molecule has 11 heteroatoms. The molecule has 2 N–H and O–H groups in total. The Bertz CT molecular complexity index is 1120. The van der Waals surface area contributed by atoms with Crippen LogP contribution >= 0.6 is 0 Å². The highest BCUT2D eigenvalue weighted by molar-refractivity contribution is 6.20. The minimum absolute atomic E-state index is 0.0108. The molecular weight excluding hydrogens is 409 g/mol. The Kier molecular flexibility index (Phi) is 4.07. The number of hydrogen-bond acceptors (Lipinski definition) is 8. The molecule has 2 saturated heterocycles. The first kappa shape index (κ1) is 19.7. The van der Waals surface area contributed by atoms with Gasteiger partial charge in [0, 0.05) is 27.1 Å². The van der Waals surface area contributed by atoms with Crippen molar-refractivity contribution in [3.8, 4) is 0 Å². The molecule has 4 heterocycles. The van der Waals surface area contributed by atoms with Crippen LogP contribution in [0.5, 0.6) is 0 Å². The van der Waals surface area contributed by atoms with Gasteiger partial charge >= 0.3 is 6.03 Å². The molecule has 0 saturated carbocycles. The van der Waals surface area contributed by atoms with Crippen molar-refractivity contribution in [1.29, 1.82) is 0 Å². The van der Waals surface area contributed by atoms with Crippen LogP contribution in [0.1, 0.15) is 19.4 Å². The lowest BCUT2D eigenvalue weighted by Crippen LogP contribution is -2.75. The molecular formula is C20H22FN5O5. The van der Waals surface area contributed by atoms with Gasteiger partial charge in [0.25, 0.3) is 0 Å². The normalized spacial score (nSPS) is 27.1. The molecule has 164 valence electrons. The first-order valence-corrected chi connectivity index (χ1v) is 10.0. The predicted molar refractivity (Wildman–Crippen MR) is 107 cm³/mol. The molecule has 2 fully saturated rings. The maximum absolute atomic E-state index is 15.8. The van der Waals surface area contributed by atoms with E-state index in [1.54, 1.807) is 36.9 Å². The van der Waals surface area contributed by atoms with E-state index in [1.165, 1.54) is 0 Å². The van der Waals surface area contributed by atoms with Gasteiger partial charge in [0.05, 0.1) is 29.3 Å². The number of barbiturate groups is 1. The molecule has 3 aliphatic rings. The zero-order valence-electron chi connectivity index (χ0n) is 17.5. The van der Waals surface area contributed by atoms with Gasteiger partial charge < -0.3 is 19.1 Å². The second kappa shape index (κ2) is 6.39. The summed E-state index contributed by atoms with van der Waals surface area (Å²) < 4.78 is 27.0. The van der Waals surface area contributed by atoms with Crippen molar-refractivity contribution in [2.45, 2.75) is 38.5 Å². The molecule has 2 aromatic rings. The summed E-state index contributed by atoms with van der Waals surface area (Å²) in [6.45, 7) is 3.84. The third-order valence-electron chi connectivity index (χ3n) is 6.37. The molecule has 31 heavy (non-hydrogen) atoms. The molecule has 0 unspecified atom stereocenters. The maximum Gasteiger partial charge on any atom is 0.328 e. The van der Waals surface area contributed by atoms with Crippen molar-refractivity contribution in [3.63, 3.8) is 0 Å². The number of urea groups is 1. The number of halogens is 1. The molecule has 1 spiro atoms. The molecule has 5 rings (SSSR count). The van der Waals surface area contributed by atoms with Crippen LogP contribution < -0.4 is 20.4 Å². The lowest BCUT2D eigenvalue weighted by Gasteiger charge is -2.55. The zero-order chi connectivity index (χ0) is 22.2. The molecule has 0 radical (unpaired) electrons. The Balaban J connectivity index is 1.79. The Morgan fingerprint density at radius 3 is 2.55 bits per heavy atom. The second-order valence-electron chi connectivity index (χ2n) is 8.61. The summed E-state index contributed by atoms with van der Waals surface area (Å²) in [4.78, 5) is 41.5. The highest BCUT2D eigenvalue weighted by Gasteiger charge is 2.63. The molecule has 3 atom stereocenters. The average molecular weight is 431 g/mol. The number of anilines is 2. The summed E-state index contributed by atoms with van der Waals surface area (Å²) in [6.07, 6.45) is -0.946. The van der Waals surface area contributed by atoms with E-state index in [0.717, 1.165) is 0 Å². The number of benzene rings is 1. The van der Waals surface area contributed by atoms with Gasteiger partial charge in [-0.3, -0.25) is 20.2 Å². The number of imide groups is 2. The minimum Gasteiger partial charge on any atom is -0.372 e. The van der Waals surface area contributed by atoms with Crippen molar-refractivity contribution in [1.82, 2.24) is 15.8 Å². The number of ether oxygens (including phenoxy) is 1. The van der Waals surface area contributed by atoms with Crippen LogP contribution in [0.15, 0.2) is 10.6 Å². The molecule has 4 amide bonds. The van der Waals surface area contributed by atoms with Gasteiger partial charge in [-0.15, -0.1) is 0 Å². The summed E-state index contributed by atoms with van der Waals surface area (Å²) in [6, 6.07) is 0.0260. The largest absolute Gasteiger partial charge is 0.372 e. The fourth-order valence-corrected chi connectivity index (χ4v) is 5.26. The van der Waals surface area contributed by atoms with E-state index in [2.05, 4.69) is 15.8 Å². The monoisotopic (exact) mass is 431 g/mol. The van der Waals surface area contributed by atoms with Gasteiger partial charge in [-0.1, -0.05) is 5.16 Å². The van der Waals surface area contributed by atoms with Crippen molar-refractivity contribution in [2.75, 3.05) is 30.4 Å². The molecule has 10 nitrogen and oxygen atoms in total. The van der Waals surface area contributed by atoms with Gasteiger partial charge in [-0.2, -0.15) is 0 Å². The van der Waals surface area contributed by atoms with Gasteiger partial charge in [0.1, 0.15) is 0 Å². The molecule has 3 aliphatic heterocycles. The van der Waals surface area contributed by atoms with Gasteiger partial charge in [-0.25, -0.2) is 9.18 Å². The van der Waals surface area contributed by atoms with Crippen LogP contribution in [0.25, 0.3) is 11.0 Å². The van der Waals surface area contributed by atoms with E-state index in [9.17, 15) is 14.4 Å². The number of rotatable bonds is 1.